The zero-order valence-electron chi connectivity index (χ0n) is 25.0. The van der Waals surface area contributed by atoms with Crippen molar-refractivity contribution in [2.75, 3.05) is 0 Å². The molecule has 0 fully saturated rings. The zero-order valence-corrected chi connectivity index (χ0v) is 25.0. The van der Waals surface area contributed by atoms with Gasteiger partial charge in [-0.25, -0.2) is 0 Å². The van der Waals surface area contributed by atoms with Crippen molar-refractivity contribution in [3.8, 4) is 11.1 Å². The molecule has 39 heavy (non-hydrogen) atoms. The molecule has 0 saturated carbocycles. The van der Waals surface area contributed by atoms with Crippen LogP contribution >= 0.6 is 0 Å². The molecular weight excluding hydrogens is 484 g/mol. The highest BCUT2D eigenvalue weighted by Gasteiger charge is 2.34. The molecule has 2 aromatic rings. The van der Waals surface area contributed by atoms with Crippen molar-refractivity contribution in [1.82, 2.24) is 0 Å². The predicted octanol–water partition coefficient (Wildman–Crippen LogP) is 8.04. The average Bonchev–Trinajstić information content (AvgIpc) is 2.83. The van der Waals surface area contributed by atoms with E-state index in [1.807, 2.05) is 19.1 Å². The summed E-state index contributed by atoms with van der Waals surface area (Å²) in [7, 11) is 0. The van der Waals surface area contributed by atoms with Gasteiger partial charge >= 0.3 is 0 Å². The van der Waals surface area contributed by atoms with Crippen LogP contribution < -0.4 is 0 Å². The highest BCUT2D eigenvalue weighted by atomic mass is 16.1. The summed E-state index contributed by atoms with van der Waals surface area (Å²) >= 11 is 0. The monoisotopic (exact) mass is 530 g/mol. The molecule has 1 aliphatic rings. The molecule has 0 saturated heterocycles. The third kappa shape index (κ3) is 7.41. The maximum absolute atomic E-state index is 13.8. The quantitative estimate of drug-likeness (QED) is 0.246. The summed E-state index contributed by atoms with van der Waals surface area (Å²) < 4.78 is 0. The molecule has 210 valence electrons. The van der Waals surface area contributed by atoms with Gasteiger partial charge in [0.15, 0.2) is 5.78 Å². The van der Waals surface area contributed by atoms with Gasteiger partial charge in [-0.3, -0.25) is 19.2 Å². The fraction of sp³-hybridized carbons (Fsp3) is 0.543. The molecule has 3 rings (SSSR count). The zero-order chi connectivity index (χ0) is 28.9. The predicted molar refractivity (Wildman–Crippen MR) is 158 cm³/mol. The number of carbonyl (C=O) groups excluding carboxylic acids is 4. The number of carbonyl (C=O) groups is 4. The largest absolute Gasteiger partial charge is 0.300 e. The van der Waals surface area contributed by atoms with Gasteiger partial charge in [0.05, 0.1) is 6.42 Å². The van der Waals surface area contributed by atoms with Crippen molar-refractivity contribution in [2.45, 2.75) is 106 Å². The Morgan fingerprint density at radius 3 is 2.31 bits per heavy atom. The van der Waals surface area contributed by atoms with Gasteiger partial charge in [-0.1, -0.05) is 70.9 Å². The smallest absolute Gasteiger partial charge is 0.163 e. The first-order valence-corrected chi connectivity index (χ1v) is 14.8. The van der Waals surface area contributed by atoms with Gasteiger partial charge in [-0.05, 0) is 91.2 Å². The summed E-state index contributed by atoms with van der Waals surface area (Å²) in [5.74, 6) is 0.837. The number of ketones is 4. The van der Waals surface area contributed by atoms with Crippen molar-refractivity contribution >= 4 is 23.1 Å². The first-order chi connectivity index (χ1) is 18.5. The van der Waals surface area contributed by atoms with Crippen molar-refractivity contribution < 1.29 is 19.2 Å². The minimum absolute atomic E-state index is 0.0121. The first kappa shape index (κ1) is 30.7. The molecule has 0 bridgehead atoms. The highest BCUT2D eigenvalue weighted by Crippen LogP contribution is 2.42. The lowest BCUT2D eigenvalue weighted by molar-refractivity contribution is -0.130. The van der Waals surface area contributed by atoms with Gasteiger partial charge in [0.2, 0.25) is 0 Å². The van der Waals surface area contributed by atoms with Gasteiger partial charge in [-0.2, -0.15) is 0 Å². The van der Waals surface area contributed by atoms with Gasteiger partial charge in [0.25, 0.3) is 0 Å². The lowest BCUT2D eigenvalue weighted by atomic mass is 9.70. The van der Waals surface area contributed by atoms with Crippen LogP contribution in [0.3, 0.4) is 0 Å². The molecule has 0 radical (unpaired) electrons. The molecule has 0 aromatic heterocycles. The van der Waals surface area contributed by atoms with E-state index in [0.29, 0.717) is 12.8 Å². The molecule has 1 aliphatic carbocycles. The van der Waals surface area contributed by atoms with Crippen LogP contribution in [-0.2, 0) is 27.2 Å². The van der Waals surface area contributed by atoms with E-state index < -0.39 is 0 Å². The van der Waals surface area contributed by atoms with Crippen molar-refractivity contribution in [3.05, 3.63) is 58.1 Å². The number of hydrogen-bond donors (Lipinski definition) is 0. The second-order valence-electron chi connectivity index (χ2n) is 12.1. The summed E-state index contributed by atoms with van der Waals surface area (Å²) in [4.78, 5) is 50.1. The number of Topliss-reactive ketones (excluding diaryl/α,β-unsaturated/α-hetero) is 4. The van der Waals surface area contributed by atoms with Crippen molar-refractivity contribution in [2.24, 2.45) is 17.8 Å². The highest BCUT2D eigenvalue weighted by molar-refractivity contribution is 6.02. The van der Waals surface area contributed by atoms with Crippen molar-refractivity contribution in [3.63, 3.8) is 0 Å². The van der Waals surface area contributed by atoms with Crippen LogP contribution in [0.15, 0.2) is 30.3 Å². The van der Waals surface area contributed by atoms with E-state index in [0.717, 1.165) is 59.9 Å². The minimum atomic E-state index is -0.124. The van der Waals surface area contributed by atoms with Crippen LogP contribution in [-0.4, -0.2) is 23.1 Å². The van der Waals surface area contributed by atoms with Crippen LogP contribution in [0.5, 0.6) is 0 Å². The molecule has 0 heterocycles. The van der Waals surface area contributed by atoms with Gasteiger partial charge in [0.1, 0.15) is 17.3 Å². The van der Waals surface area contributed by atoms with E-state index in [9.17, 15) is 19.2 Å². The van der Waals surface area contributed by atoms with E-state index in [2.05, 4.69) is 45.9 Å². The summed E-state index contributed by atoms with van der Waals surface area (Å²) in [6.07, 6.45) is 5.25. The average molecular weight is 531 g/mol. The van der Waals surface area contributed by atoms with E-state index in [1.165, 1.54) is 18.1 Å². The SMILES string of the molecule is CCCC(CC1CC(=O)c2c(C)c(-c3cccc(CC(C)=O)c3)cc(C(C)C)c2C1)C(CC)C(=O)CC(C)=O. The Balaban J connectivity index is 1.99. The topological polar surface area (TPSA) is 68.3 Å². The van der Waals surface area contributed by atoms with Crippen LogP contribution in [0.4, 0.5) is 0 Å². The number of rotatable bonds is 13. The third-order valence-corrected chi connectivity index (χ3v) is 8.43. The summed E-state index contributed by atoms with van der Waals surface area (Å²) in [5, 5.41) is 0. The Morgan fingerprint density at radius 1 is 1.00 bits per heavy atom. The second kappa shape index (κ2) is 13.5. The molecule has 0 spiro atoms. The van der Waals surface area contributed by atoms with E-state index >= 15 is 0 Å². The number of hydrogen-bond acceptors (Lipinski definition) is 4. The fourth-order valence-electron chi connectivity index (χ4n) is 6.78. The molecule has 2 aromatic carbocycles. The summed E-state index contributed by atoms with van der Waals surface area (Å²) in [6.45, 7) is 13.7. The van der Waals surface area contributed by atoms with E-state index in [1.54, 1.807) is 6.92 Å². The maximum Gasteiger partial charge on any atom is 0.163 e. The Labute approximate surface area is 235 Å². The van der Waals surface area contributed by atoms with Gasteiger partial charge in [0, 0.05) is 24.3 Å². The summed E-state index contributed by atoms with van der Waals surface area (Å²) in [6, 6.07) is 10.4. The van der Waals surface area contributed by atoms with Crippen LogP contribution in [0.1, 0.15) is 119 Å². The standard InChI is InChI=1S/C35H46O4/c1-8-11-27(29(9-2)33(38)15-23(6)37)17-26-18-32-30(21(3)4)20-31(24(7)35(32)34(39)19-26)28-13-10-12-25(16-28)14-22(5)36/h10,12-13,16,20-21,26-27,29H,8-9,11,14-15,17-19H2,1-7H3. The van der Waals surface area contributed by atoms with Crippen LogP contribution in [0, 0.1) is 24.7 Å². The molecular formula is C35H46O4. The minimum Gasteiger partial charge on any atom is -0.300 e. The third-order valence-electron chi connectivity index (χ3n) is 8.43. The second-order valence-corrected chi connectivity index (χ2v) is 12.1. The van der Waals surface area contributed by atoms with Crippen LogP contribution in [0.25, 0.3) is 11.1 Å². The molecule has 0 amide bonds. The first-order valence-electron chi connectivity index (χ1n) is 14.8. The molecule has 0 N–H and O–H groups in total. The fourth-order valence-corrected chi connectivity index (χ4v) is 6.78. The van der Waals surface area contributed by atoms with Gasteiger partial charge in [-0.15, -0.1) is 0 Å². The Morgan fingerprint density at radius 2 is 1.72 bits per heavy atom. The molecule has 3 unspecified atom stereocenters. The van der Waals surface area contributed by atoms with E-state index in [-0.39, 0.29) is 53.2 Å². The van der Waals surface area contributed by atoms with E-state index in [4.69, 9.17) is 0 Å². The normalized spacial score (nSPS) is 16.6. The van der Waals surface area contributed by atoms with Crippen LogP contribution in [0.2, 0.25) is 0 Å². The summed E-state index contributed by atoms with van der Waals surface area (Å²) in [5.41, 5.74) is 7.38. The molecule has 3 atom stereocenters. The number of fused-ring (bicyclic) bond motifs is 1. The Hall–Kier alpha value is -2.88. The maximum atomic E-state index is 13.8. The Kier molecular flexibility index (Phi) is 10.6. The lowest BCUT2D eigenvalue weighted by Crippen LogP contribution is -2.30. The lowest BCUT2D eigenvalue weighted by Gasteiger charge is -2.33. The number of benzene rings is 2. The van der Waals surface area contributed by atoms with Crippen molar-refractivity contribution in [1.29, 1.82) is 0 Å². The van der Waals surface area contributed by atoms with Gasteiger partial charge < -0.3 is 0 Å². The molecule has 4 heteroatoms. The molecule has 4 nitrogen and oxygen atoms in total. The Bertz CT molecular complexity index is 1240. The molecule has 0 aliphatic heterocycles.